The van der Waals surface area contributed by atoms with Crippen molar-refractivity contribution in [1.82, 2.24) is 43.6 Å². The van der Waals surface area contributed by atoms with Crippen molar-refractivity contribution < 1.29 is 194 Å². The van der Waals surface area contributed by atoms with Crippen LogP contribution < -0.4 is 70.5 Å². The summed E-state index contributed by atoms with van der Waals surface area (Å²) in [6.45, 7) is 14.4. The van der Waals surface area contributed by atoms with E-state index >= 15 is 0 Å². The van der Waals surface area contributed by atoms with Gasteiger partial charge in [0.25, 0.3) is 0 Å². The van der Waals surface area contributed by atoms with E-state index in [9.17, 15) is 51.8 Å². The first-order chi connectivity index (χ1) is 53.7. The minimum atomic E-state index is -6.00. The van der Waals surface area contributed by atoms with Gasteiger partial charge in [-0.2, -0.15) is 21.0 Å². The van der Waals surface area contributed by atoms with Gasteiger partial charge in [-0.3, -0.25) is 29.9 Å². The Morgan fingerprint density at radius 3 is 0.612 bits per heavy atom. The van der Waals surface area contributed by atoms with Crippen LogP contribution in [0.3, 0.4) is 0 Å². The van der Waals surface area contributed by atoms with Gasteiger partial charge in [0.05, 0.1) is 110 Å². The Bertz CT molecular complexity index is 3670. The van der Waals surface area contributed by atoms with E-state index in [0.717, 1.165) is 47.4 Å². The van der Waals surface area contributed by atoms with E-state index in [2.05, 4.69) is 48.9 Å². The molecule has 9 aromatic heterocycles. The molecule has 0 atom stereocenters. The molecule has 29 nitrogen and oxygen atoms in total. The molecule has 0 aliphatic carbocycles. The number of aromatic nitrogens is 12. The summed E-state index contributed by atoms with van der Waals surface area (Å²) in [6.07, 6.45) is 31.4. The number of nitriles is 4. The Labute approximate surface area is 712 Å². The normalized spacial score (nSPS) is 9.53. The van der Waals surface area contributed by atoms with Crippen molar-refractivity contribution in [2.24, 2.45) is 0 Å². The average Bonchev–Trinajstić information content (AvgIpc) is 1.66. The topological polar surface area (TPSA) is 319 Å². The van der Waals surface area contributed by atoms with Crippen LogP contribution in [0.25, 0.3) is 0 Å². The number of halogens is 12. The van der Waals surface area contributed by atoms with Crippen LogP contribution in [0.15, 0.2) is 111 Å². The van der Waals surface area contributed by atoms with Crippen LogP contribution in [0.1, 0.15) is 75.7 Å². The maximum atomic E-state index is 9.75. The third-order valence-electron chi connectivity index (χ3n) is 12.6. The van der Waals surface area contributed by atoms with Crippen LogP contribution >= 0.6 is 0 Å². The number of methoxy groups -OCH3 is 12. The van der Waals surface area contributed by atoms with Crippen LogP contribution in [0.2, 0.25) is 0 Å². The van der Waals surface area contributed by atoms with E-state index in [1.165, 1.54) is 27.7 Å². The van der Waals surface area contributed by atoms with Gasteiger partial charge >= 0.3 is 88.9 Å². The third kappa shape index (κ3) is 48.1. The smallest absolute Gasteiger partial charge is 0.493 e. The summed E-state index contributed by atoms with van der Waals surface area (Å²) >= 11 is 0. The fraction of sp³-hybridized carbons (Fsp3) is 0.377. The molecule has 0 N–H and O–H groups in total. The van der Waals surface area contributed by atoms with Crippen LogP contribution in [0.5, 0.6) is 69.0 Å². The predicted octanol–water partition coefficient (Wildman–Crippen LogP) is 11.5. The molecule has 0 spiro atoms. The first-order valence-electron chi connectivity index (χ1n) is 32.4. The van der Waals surface area contributed by atoms with Crippen LogP contribution in [-0.2, 0) is 111 Å². The second kappa shape index (κ2) is 64.8. The molecule has 0 bridgehead atoms. The van der Waals surface area contributed by atoms with Crippen molar-refractivity contribution in [3.63, 3.8) is 0 Å². The van der Waals surface area contributed by atoms with Crippen LogP contribution in [0.4, 0.5) is 51.8 Å². The average molecular weight is 1930 g/mol. The predicted molar refractivity (Wildman–Crippen MR) is 387 cm³/mol. The van der Waals surface area contributed by atoms with Crippen molar-refractivity contribution in [3.05, 3.63) is 164 Å². The standard InChI is InChI=1S/3C19H22N4O4.C4H10O.4C2H3N.3Ag.3BF4/c3*1-24-16-5-7-20-14(18(16)26-3)11-22-9-10-23(13-22)12-15-19(27-4)17(25-2)6-8-21-15;1-3-5-4-2;4*1-2-3;;;;3*2-1(3,4)5/h3*5-10H,11-12H2,1-4H3;3-4H2,1-2H3;4*1H3;;;;;;/q;;;;;;;;3*+1;3*-1. The molecule has 648 valence electrons. The molecule has 0 unspecified atom stereocenters. The molecule has 9 aromatic rings. The van der Waals surface area contributed by atoms with E-state index < -0.39 is 21.8 Å². The summed E-state index contributed by atoms with van der Waals surface area (Å²) in [5.74, 6) is 7.57. The van der Waals surface area contributed by atoms with E-state index in [1.807, 2.05) is 78.4 Å². The molecule has 0 saturated heterocycles. The fourth-order valence-electron chi connectivity index (χ4n) is 8.66. The molecular weight excluding hydrogens is 1840 g/mol. The van der Waals surface area contributed by atoms with Crippen molar-refractivity contribution >= 4 is 21.8 Å². The maximum Gasteiger partial charge on any atom is 1.00 e. The van der Waals surface area contributed by atoms with E-state index in [4.69, 9.17) is 82.6 Å². The minimum Gasteiger partial charge on any atom is -0.493 e. The molecule has 0 radical (unpaired) electrons. The monoisotopic (exact) mass is 1930 g/mol. The van der Waals surface area contributed by atoms with Gasteiger partial charge in [-0.25, -0.2) is 0 Å². The van der Waals surface area contributed by atoms with Crippen molar-refractivity contribution in [2.45, 2.75) is 80.8 Å². The van der Waals surface area contributed by atoms with Gasteiger partial charge in [0.1, 0.15) is 73.4 Å². The summed E-state index contributed by atoms with van der Waals surface area (Å²) in [7, 11) is 1.22. The van der Waals surface area contributed by atoms with Crippen molar-refractivity contribution in [3.8, 4) is 93.3 Å². The SMILES string of the molecule is CC#N.CC#N.CC#N.CC#N.CCOCC.COc1ccnc(Cn2[c-][n+](Cc3nccc(OC)c3OC)cc2)c1OC.COc1ccnc(Cn2[c-][n+](Cc3nccc(OC)c3OC)cc2)c1OC.COc1ccnc(Cn2[c-][n+](Cc3nccc(OC)c3OC)cc2)c1OC.F[B-](F)(F)F.F[B-](F)(F)F.F[B-](F)(F)F.[Ag+].[Ag+].[Ag+]. The van der Waals surface area contributed by atoms with Gasteiger partial charge in [-0.15, -0.1) is 0 Å². The van der Waals surface area contributed by atoms with E-state index in [-0.39, 0.29) is 67.1 Å². The Kier molecular flexibility index (Phi) is 63.8. The number of ether oxygens (including phenoxy) is 13. The van der Waals surface area contributed by atoms with Gasteiger partial charge in [0.15, 0.2) is 69.0 Å². The number of hydrogen-bond acceptors (Lipinski definition) is 23. The van der Waals surface area contributed by atoms with Crippen molar-refractivity contribution in [1.29, 1.82) is 21.0 Å². The Balaban J connectivity index is -0.000000441. The number of imidazole rings is 3. The summed E-state index contributed by atoms with van der Waals surface area (Å²) in [6, 6.07) is 17.6. The molecule has 0 saturated carbocycles. The Morgan fingerprint density at radius 2 is 0.474 bits per heavy atom. The maximum absolute atomic E-state index is 9.75. The van der Waals surface area contributed by atoms with Crippen LogP contribution in [0, 0.1) is 64.3 Å². The summed E-state index contributed by atoms with van der Waals surface area (Å²) in [4.78, 5) is 26.4. The number of nitrogens with zero attached hydrogens (tertiary/aromatic N) is 16. The Morgan fingerprint density at radius 1 is 0.319 bits per heavy atom. The molecule has 47 heteroatoms. The molecule has 9 heterocycles. The molecule has 116 heavy (non-hydrogen) atoms. The quantitative estimate of drug-likeness (QED) is 0.0210. The van der Waals surface area contributed by atoms with Gasteiger partial charge in [0, 0.05) is 114 Å². The van der Waals surface area contributed by atoms with Gasteiger partial charge < -0.3 is 141 Å². The number of rotatable bonds is 26. The van der Waals surface area contributed by atoms with Crippen LogP contribution in [-0.4, -0.2) is 164 Å². The molecule has 9 rings (SSSR count). The van der Waals surface area contributed by atoms with Gasteiger partial charge in [-0.1, -0.05) is 0 Å². The number of hydrogen-bond donors (Lipinski definition) is 0. The zero-order valence-corrected chi connectivity index (χ0v) is 70.6. The minimum absolute atomic E-state index is 0. The zero-order chi connectivity index (χ0) is 86.1. The molecule has 0 aliphatic rings. The van der Waals surface area contributed by atoms with Gasteiger partial charge in [-0.05, 0) is 51.0 Å². The largest absolute Gasteiger partial charge is 1.00 e. The molecule has 0 amide bonds. The Hall–Kier alpha value is -10.4. The molecule has 0 fully saturated rings. The third-order valence-corrected chi connectivity index (χ3v) is 12.6. The first-order valence-corrected chi connectivity index (χ1v) is 32.4. The first kappa shape index (κ1) is 114. The van der Waals surface area contributed by atoms with E-state index in [0.29, 0.717) is 108 Å². The summed E-state index contributed by atoms with van der Waals surface area (Å²) in [5.41, 5.74) is 4.54. The molecular formula is C69H88Ag3B3F12N16O13. The fourth-order valence-corrected chi connectivity index (χ4v) is 8.66. The van der Waals surface area contributed by atoms with Crippen molar-refractivity contribution in [2.75, 3.05) is 98.5 Å². The van der Waals surface area contributed by atoms with Gasteiger partial charge in [0.2, 0.25) is 19.0 Å². The summed E-state index contributed by atoms with van der Waals surface area (Å²) < 4.78 is 198. The van der Waals surface area contributed by atoms with E-state index in [1.54, 1.807) is 183 Å². The zero-order valence-electron chi connectivity index (χ0n) is 66.2. The summed E-state index contributed by atoms with van der Waals surface area (Å²) in [5, 5.41) is 29.3. The second-order valence-electron chi connectivity index (χ2n) is 20.1. The molecule has 0 aromatic carbocycles. The second-order valence-corrected chi connectivity index (χ2v) is 20.1. The molecule has 0 aliphatic heterocycles. The number of pyridine rings is 6.